The number of aliphatic hydroxyl groups excluding tert-OH is 2. The third-order valence-corrected chi connectivity index (χ3v) is 11.2. The Morgan fingerprint density at radius 3 is 2.10 bits per heavy atom. The standard InChI is InChI=1S/C46H80NO11P/c1-6-8-10-11-12-13-14-15-16-17-18-19-20-21-27-31-46(52)58-40(38-57-59(53,54)56-35-34-47(3,4)5)37-55-45(51)30-26-23-22-25-29-41-42(44(50)36-43(41)49)33-32-39(48)28-24-9-7-2/h12-13,15-16,22,25,32-33,39-42,44,48,50H,6-11,14,17-21,23-24,26-31,34-38H2,1-5H3/p+1/b13-12-,16-15-,25-22-,33-32+/t39-,40+,41+,42+,44+/m0/s1. The number of ketones is 1. The van der Waals surface area contributed by atoms with E-state index in [0.717, 1.165) is 64.2 Å². The second kappa shape index (κ2) is 33.2. The first-order valence-corrected chi connectivity index (χ1v) is 24.0. The first-order chi connectivity index (χ1) is 28.2. The van der Waals surface area contributed by atoms with E-state index < -0.39 is 44.7 Å². The maximum atomic E-state index is 12.7. The van der Waals surface area contributed by atoms with Gasteiger partial charge in [0.15, 0.2) is 6.10 Å². The van der Waals surface area contributed by atoms with Gasteiger partial charge in [-0.2, -0.15) is 0 Å². The summed E-state index contributed by atoms with van der Waals surface area (Å²) in [6.45, 7) is 3.95. The predicted molar refractivity (Wildman–Crippen MR) is 234 cm³/mol. The summed E-state index contributed by atoms with van der Waals surface area (Å²) in [5, 5.41) is 20.7. The molecule has 1 rings (SSSR count). The van der Waals surface area contributed by atoms with Crippen LogP contribution in [-0.4, -0.2) is 103 Å². The zero-order valence-electron chi connectivity index (χ0n) is 37.2. The van der Waals surface area contributed by atoms with Gasteiger partial charge in [-0.05, 0) is 64.2 Å². The number of quaternary nitrogens is 1. The molecule has 0 spiro atoms. The molecule has 12 nitrogen and oxygen atoms in total. The van der Waals surface area contributed by atoms with Crippen molar-refractivity contribution in [1.82, 2.24) is 0 Å². The first-order valence-electron chi connectivity index (χ1n) is 22.5. The summed E-state index contributed by atoms with van der Waals surface area (Å²) >= 11 is 0. The van der Waals surface area contributed by atoms with Crippen molar-refractivity contribution in [2.24, 2.45) is 11.8 Å². The van der Waals surface area contributed by atoms with E-state index in [0.29, 0.717) is 43.1 Å². The average molecular weight is 855 g/mol. The smallest absolute Gasteiger partial charge is 0.462 e. The fourth-order valence-corrected chi connectivity index (χ4v) is 7.29. The van der Waals surface area contributed by atoms with Crippen LogP contribution in [0.4, 0.5) is 0 Å². The molecule has 1 unspecified atom stereocenters. The number of carbonyl (C=O) groups is 3. The van der Waals surface area contributed by atoms with Gasteiger partial charge in [-0.3, -0.25) is 23.4 Å². The number of carbonyl (C=O) groups excluding carboxylic acids is 3. The van der Waals surface area contributed by atoms with Gasteiger partial charge in [0.2, 0.25) is 0 Å². The van der Waals surface area contributed by atoms with Crippen LogP contribution in [0.1, 0.15) is 149 Å². The number of ether oxygens (including phenoxy) is 2. The summed E-state index contributed by atoms with van der Waals surface area (Å²) < 4.78 is 34.2. The van der Waals surface area contributed by atoms with Gasteiger partial charge < -0.3 is 29.1 Å². The van der Waals surface area contributed by atoms with Gasteiger partial charge in [0, 0.05) is 31.1 Å². The summed E-state index contributed by atoms with van der Waals surface area (Å²) in [6.07, 6.45) is 30.9. The molecule has 59 heavy (non-hydrogen) atoms. The van der Waals surface area contributed by atoms with Crippen LogP contribution in [-0.2, 0) is 37.5 Å². The van der Waals surface area contributed by atoms with Crippen molar-refractivity contribution in [3.63, 3.8) is 0 Å². The normalized spacial score (nSPS) is 19.7. The zero-order valence-corrected chi connectivity index (χ0v) is 38.1. The van der Waals surface area contributed by atoms with Crippen LogP contribution in [0.25, 0.3) is 0 Å². The van der Waals surface area contributed by atoms with Crippen LogP contribution in [0, 0.1) is 11.8 Å². The number of allylic oxidation sites excluding steroid dienone is 6. The van der Waals surface area contributed by atoms with E-state index >= 15 is 0 Å². The molecule has 0 aromatic rings. The maximum Gasteiger partial charge on any atom is 0.472 e. The molecule has 0 aliphatic heterocycles. The Morgan fingerprint density at radius 2 is 1.41 bits per heavy atom. The largest absolute Gasteiger partial charge is 0.472 e. The molecule has 13 heteroatoms. The molecule has 1 fully saturated rings. The lowest BCUT2D eigenvalue weighted by Gasteiger charge is -2.24. The summed E-state index contributed by atoms with van der Waals surface area (Å²) in [7, 11) is 1.31. The Kier molecular flexibility index (Phi) is 30.7. The van der Waals surface area contributed by atoms with E-state index in [1.54, 1.807) is 12.2 Å². The summed E-state index contributed by atoms with van der Waals surface area (Å²) in [5.41, 5.74) is 0. The van der Waals surface area contributed by atoms with E-state index in [-0.39, 0.29) is 50.1 Å². The third-order valence-electron chi connectivity index (χ3n) is 10.2. The number of phosphoric acid groups is 1. The number of hydrogen-bond acceptors (Lipinski definition) is 10. The summed E-state index contributed by atoms with van der Waals surface area (Å²) in [5.74, 6) is -1.73. The van der Waals surface area contributed by atoms with Crippen molar-refractivity contribution in [2.45, 2.75) is 167 Å². The van der Waals surface area contributed by atoms with Gasteiger partial charge in [0.1, 0.15) is 25.5 Å². The van der Waals surface area contributed by atoms with Crippen LogP contribution in [0.3, 0.4) is 0 Å². The van der Waals surface area contributed by atoms with E-state index in [2.05, 4.69) is 38.2 Å². The summed E-state index contributed by atoms with van der Waals surface area (Å²) in [4.78, 5) is 48.1. The number of esters is 2. The molecule has 1 aliphatic rings. The van der Waals surface area contributed by atoms with Crippen LogP contribution in [0.15, 0.2) is 48.6 Å². The second-order valence-corrected chi connectivity index (χ2v) is 18.3. The average Bonchev–Trinajstić information content (AvgIpc) is 3.44. The molecule has 0 bridgehead atoms. The van der Waals surface area contributed by atoms with Gasteiger partial charge in [0.25, 0.3) is 0 Å². The minimum atomic E-state index is -4.45. The highest BCUT2D eigenvalue weighted by atomic mass is 31.2. The Balaban J connectivity index is 2.52. The van der Waals surface area contributed by atoms with Crippen molar-refractivity contribution in [1.29, 1.82) is 0 Å². The lowest BCUT2D eigenvalue weighted by molar-refractivity contribution is -0.870. The first kappa shape index (κ1) is 54.6. The maximum absolute atomic E-state index is 12.7. The summed E-state index contributed by atoms with van der Waals surface area (Å²) in [6, 6.07) is 0. The van der Waals surface area contributed by atoms with Gasteiger partial charge in [-0.15, -0.1) is 0 Å². The molecule has 0 aromatic carbocycles. The topological polar surface area (TPSA) is 166 Å². The molecular formula is C46H81NO11P+. The van der Waals surface area contributed by atoms with Crippen molar-refractivity contribution in [2.75, 3.05) is 47.5 Å². The molecule has 0 radical (unpaired) electrons. The van der Waals surface area contributed by atoms with E-state index in [4.69, 9.17) is 18.5 Å². The molecular weight excluding hydrogens is 773 g/mol. The molecule has 1 saturated carbocycles. The van der Waals surface area contributed by atoms with Gasteiger partial charge in [-0.1, -0.05) is 114 Å². The molecule has 0 amide bonds. The monoisotopic (exact) mass is 855 g/mol. The Hall–Kier alpha value is -2.44. The minimum absolute atomic E-state index is 0.000581. The second-order valence-electron chi connectivity index (χ2n) is 16.9. The quantitative estimate of drug-likeness (QED) is 0.0181. The SMILES string of the molecule is CCCCC/C=C\C/C=C\CCCCCCCC(=O)O[C@H](COC(=O)CCC/C=C\C[C@H]1C(=O)C[C@@H](O)[C@@H]1/C=C/[C@@H](O)CCCCC)COP(=O)(O)OCC[N+](C)(C)C. The van der Waals surface area contributed by atoms with Crippen LogP contribution >= 0.6 is 7.82 Å². The van der Waals surface area contributed by atoms with Gasteiger partial charge in [0.05, 0.1) is 40.0 Å². The number of hydrogen-bond donors (Lipinski definition) is 3. The Labute approximate surface area is 356 Å². The van der Waals surface area contributed by atoms with Gasteiger partial charge in [-0.25, -0.2) is 4.57 Å². The fourth-order valence-electron chi connectivity index (χ4n) is 6.55. The van der Waals surface area contributed by atoms with E-state index in [1.807, 2.05) is 33.3 Å². The molecule has 340 valence electrons. The number of nitrogens with zero attached hydrogens (tertiary/aromatic N) is 1. The number of likely N-dealkylation sites (N-methyl/N-ethyl adjacent to an activating group) is 1. The molecule has 6 atom stereocenters. The van der Waals surface area contributed by atoms with Crippen LogP contribution in [0.5, 0.6) is 0 Å². The van der Waals surface area contributed by atoms with Crippen LogP contribution < -0.4 is 0 Å². The highest BCUT2D eigenvalue weighted by Crippen LogP contribution is 2.43. The Bertz CT molecular complexity index is 1310. The number of aliphatic hydroxyl groups is 2. The molecule has 0 saturated heterocycles. The molecule has 3 N–H and O–H groups in total. The lowest BCUT2D eigenvalue weighted by Crippen LogP contribution is -2.37. The number of unbranched alkanes of at least 4 members (excludes halogenated alkanes) is 11. The highest BCUT2D eigenvalue weighted by molar-refractivity contribution is 7.47. The molecule has 0 heterocycles. The van der Waals surface area contributed by atoms with Crippen LogP contribution in [0.2, 0.25) is 0 Å². The number of rotatable bonds is 36. The highest BCUT2D eigenvalue weighted by Gasteiger charge is 2.39. The molecule has 0 aromatic heterocycles. The Morgan fingerprint density at radius 1 is 0.797 bits per heavy atom. The molecule has 1 aliphatic carbocycles. The van der Waals surface area contributed by atoms with E-state index in [9.17, 15) is 34.1 Å². The van der Waals surface area contributed by atoms with Crippen molar-refractivity contribution in [3.8, 4) is 0 Å². The van der Waals surface area contributed by atoms with E-state index in [1.165, 1.54) is 19.3 Å². The fraction of sp³-hybridized carbons (Fsp3) is 0.761. The number of phosphoric ester groups is 1. The third kappa shape index (κ3) is 30.3. The minimum Gasteiger partial charge on any atom is -0.462 e. The van der Waals surface area contributed by atoms with Crippen molar-refractivity contribution >= 4 is 25.5 Å². The number of Topliss-reactive ketones (excluding diaryl/α,β-unsaturated/α-hetero) is 1. The van der Waals surface area contributed by atoms with Crippen molar-refractivity contribution in [3.05, 3.63) is 48.6 Å². The van der Waals surface area contributed by atoms with Crippen molar-refractivity contribution < 1.29 is 57.1 Å². The lowest BCUT2D eigenvalue weighted by atomic mass is 9.90. The zero-order chi connectivity index (χ0) is 43.8. The van der Waals surface area contributed by atoms with Gasteiger partial charge >= 0.3 is 19.8 Å². The predicted octanol–water partition coefficient (Wildman–Crippen LogP) is 9.27.